The van der Waals surface area contributed by atoms with E-state index in [2.05, 4.69) is 22.8 Å². The third-order valence-electron chi connectivity index (χ3n) is 5.52. The van der Waals surface area contributed by atoms with Crippen molar-refractivity contribution in [3.05, 3.63) is 95.6 Å². The molecule has 0 radical (unpaired) electrons. The van der Waals surface area contributed by atoms with Crippen LogP contribution in [0.25, 0.3) is 0 Å². The lowest BCUT2D eigenvalue weighted by atomic mass is 9.87. The lowest BCUT2D eigenvalue weighted by molar-refractivity contribution is -0.128. The molecule has 0 heterocycles. The van der Waals surface area contributed by atoms with Crippen molar-refractivity contribution >= 4 is 17.5 Å². The van der Waals surface area contributed by atoms with E-state index in [1.165, 1.54) is 11.1 Å². The van der Waals surface area contributed by atoms with Gasteiger partial charge in [-0.25, -0.2) is 0 Å². The fourth-order valence-electron chi connectivity index (χ4n) is 3.91. The van der Waals surface area contributed by atoms with Crippen LogP contribution in [-0.2, 0) is 11.2 Å². The summed E-state index contributed by atoms with van der Waals surface area (Å²) in [6.45, 7) is 1.70. The Kier molecular flexibility index (Phi) is 6.32. The number of carbonyl (C=O) groups excluding carboxylic acids is 2. The Morgan fingerprint density at radius 3 is 2.48 bits per heavy atom. The van der Waals surface area contributed by atoms with Crippen molar-refractivity contribution in [2.24, 2.45) is 0 Å². The van der Waals surface area contributed by atoms with Crippen molar-refractivity contribution in [1.82, 2.24) is 5.32 Å². The molecule has 0 saturated heterocycles. The summed E-state index contributed by atoms with van der Waals surface area (Å²) in [5.74, 6) is -0.0989. The van der Waals surface area contributed by atoms with Gasteiger partial charge in [-0.1, -0.05) is 54.6 Å². The average molecular weight is 415 g/mol. The summed E-state index contributed by atoms with van der Waals surface area (Å²) in [7, 11) is 0. The number of aryl methyl sites for hydroxylation is 1. The van der Waals surface area contributed by atoms with Crippen LogP contribution in [0, 0.1) is 0 Å². The van der Waals surface area contributed by atoms with Crippen LogP contribution in [-0.4, -0.2) is 17.9 Å². The summed E-state index contributed by atoms with van der Waals surface area (Å²) < 4.78 is 5.92. The van der Waals surface area contributed by atoms with Gasteiger partial charge in [0.1, 0.15) is 5.75 Å². The fraction of sp³-hybridized carbons (Fsp3) is 0.231. The minimum atomic E-state index is -0.736. The Bertz CT molecular complexity index is 1070. The van der Waals surface area contributed by atoms with Gasteiger partial charge in [-0.05, 0) is 61.6 Å². The van der Waals surface area contributed by atoms with Gasteiger partial charge in [0, 0.05) is 5.69 Å². The second-order valence-electron chi connectivity index (χ2n) is 7.73. The fourth-order valence-corrected chi connectivity index (χ4v) is 3.91. The highest BCUT2D eigenvalue weighted by Crippen LogP contribution is 2.29. The molecule has 3 aromatic carbocycles. The molecule has 1 aliphatic rings. The van der Waals surface area contributed by atoms with E-state index in [1.54, 1.807) is 31.2 Å². The molecule has 2 atom stereocenters. The van der Waals surface area contributed by atoms with Crippen LogP contribution in [0.3, 0.4) is 0 Å². The number of carbonyl (C=O) groups is 2. The molecular formula is C26H26N2O3. The van der Waals surface area contributed by atoms with Crippen LogP contribution in [0.2, 0.25) is 0 Å². The summed E-state index contributed by atoms with van der Waals surface area (Å²) in [6.07, 6.45) is 2.25. The number of amides is 2. The molecule has 0 spiro atoms. The molecule has 0 aromatic heterocycles. The van der Waals surface area contributed by atoms with Crippen molar-refractivity contribution in [2.75, 3.05) is 5.32 Å². The average Bonchev–Trinajstić information content (AvgIpc) is 2.80. The lowest BCUT2D eigenvalue weighted by Crippen LogP contribution is -2.39. The third kappa shape index (κ3) is 4.94. The molecule has 0 aliphatic heterocycles. The zero-order chi connectivity index (χ0) is 21.6. The van der Waals surface area contributed by atoms with Crippen LogP contribution in [0.15, 0.2) is 78.9 Å². The van der Waals surface area contributed by atoms with Crippen LogP contribution in [0.1, 0.15) is 47.3 Å². The zero-order valence-electron chi connectivity index (χ0n) is 17.5. The van der Waals surface area contributed by atoms with Crippen LogP contribution >= 0.6 is 0 Å². The van der Waals surface area contributed by atoms with Crippen LogP contribution < -0.4 is 15.4 Å². The molecular weight excluding hydrogens is 388 g/mol. The predicted octanol–water partition coefficient (Wildman–Crippen LogP) is 4.90. The Labute approximate surface area is 182 Å². The van der Waals surface area contributed by atoms with Crippen molar-refractivity contribution < 1.29 is 14.3 Å². The van der Waals surface area contributed by atoms with Gasteiger partial charge in [0.2, 0.25) is 0 Å². The molecule has 0 saturated carbocycles. The number of benzene rings is 3. The number of para-hydroxylation sites is 2. The molecule has 3 aromatic rings. The van der Waals surface area contributed by atoms with Gasteiger partial charge in [-0.3, -0.25) is 9.59 Å². The number of fused-ring (bicyclic) bond motifs is 1. The normalized spacial score (nSPS) is 16.0. The molecule has 5 nitrogen and oxygen atoms in total. The minimum absolute atomic E-state index is 0.0138. The van der Waals surface area contributed by atoms with E-state index >= 15 is 0 Å². The van der Waals surface area contributed by atoms with Gasteiger partial charge in [0.05, 0.1) is 11.6 Å². The largest absolute Gasteiger partial charge is 0.480 e. The molecule has 0 fully saturated rings. The summed E-state index contributed by atoms with van der Waals surface area (Å²) in [5.41, 5.74) is 3.55. The Morgan fingerprint density at radius 2 is 1.65 bits per heavy atom. The van der Waals surface area contributed by atoms with Gasteiger partial charge in [-0.2, -0.15) is 0 Å². The topological polar surface area (TPSA) is 67.4 Å². The van der Waals surface area contributed by atoms with E-state index in [0.29, 0.717) is 17.0 Å². The van der Waals surface area contributed by atoms with E-state index in [-0.39, 0.29) is 17.9 Å². The maximum Gasteiger partial charge on any atom is 0.261 e. The highest BCUT2D eigenvalue weighted by Gasteiger charge is 2.25. The first kappa shape index (κ1) is 20.7. The van der Waals surface area contributed by atoms with E-state index in [1.807, 2.05) is 42.5 Å². The van der Waals surface area contributed by atoms with Crippen molar-refractivity contribution in [1.29, 1.82) is 0 Å². The monoisotopic (exact) mass is 414 g/mol. The van der Waals surface area contributed by atoms with Gasteiger partial charge in [0.15, 0.2) is 6.10 Å². The smallest absolute Gasteiger partial charge is 0.261 e. The number of ether oxygens (including phenoxy) is 1. The number of anilines is 1. The second kappa shape index (κ2) is 9.47. The van der Waals surface area contributed by atoms with E-state index in [4.69, 9.17) is 4.74 Å². The van der Waals surface area contributed by atoms with Gasteiger partial charge in [-0.15, -0.1) is 0 Å². The van der Waals surface area contributed by atoms with E-state index in [9.17, 15) is 9.59 Å². The van der Waals surface area contributed by atoms with Crippen molar-refractivity contribution in [2.45, 2.75) is 38.3 Å². The second-order valence-corrected chi connectivity index (χ2v) is 7.73. The number of hydrogen-bond acceptors (Lipinski definition) is 3. The Morgan fingerprint density at radius 1 is 0.935 bits per heavy atom. The quantitative estimate of drug-likeness (QED) is 0.603. The van der Waals surface area contributed by atoms with E-state index < -0.39 is 6.10 Å². The first-order valence-corrected chi connectivity index (χ1v) is 10.6. The molecule has 0 bridgehead atoms. The third-order valence-corrected chi connectivity index (χ3v) is 5.52. The minimum Gasteiger partial charge on any atom is -0.480 e. The Hall–Kier alpha value is -3.60. The highest BCUT2D eigenvalue weighted by atomic mass is 16.5. The number of rotatable bonds is 6. The highest BCUT2D eigenvalue weighted by molar-refractivity contribution is 6.06. The number of hydrogen-bond donors (Lipinski definition) is 2. The predicted molar refractivity (Wildman–Crippen MR) is 121 cm³/mol. The van der Waals surface area contributed by atoms with E-state index in [0.717, 1.165) is 19.3 Å². The number of nitrogens with one attached hydrogen (secondary N) is 2. The maximum absolute atomic E-state index is 12.9. The first-order chi connectivity index (χ1) is 15.1. The van der Waals surface area contributed by atoms with Crippen LogP contribution in [0.5, 0.6) is 5.75 Å². The van der Waals surface area contributed by atoms with Gasteiger partial charge >= 0.3 is 0 Å². The van der Waals surface area contributed by atoms with Crippen LogP contribution in [0.4, 0.5) is 5.69 Å². The molecule has 4 rings (SSSR count). The van der Waals surface area contributed by atoms with Gasteiger partial charge < -0.3 is 15.4 Å². The SMILES string of the molecule is C[C@H](Oc1ccccc1C(=O)Nc1ccccc1)C(=O)N[C@@H]1CCCc2ccccc21. The van der Waals surface area contributed by atoms with Crippen molar-refractivity contribution in [3.8, 4) is 5.75 Å². The molecule has 5 heteroatoms. The molecule has 2 N–H and O–H groups in total. The first-order valence-electron chi connectivity index (χ1n) is 10.6. The Balaban J connectivity index is 1.44. The summed E-state index contributed by atoms with van der Waals surface area (Å²) in [4.78, 5) is 25.6. The molecule has 0 unspecified atom stereocenters. The molecule has 31 heavy (non-hydrogen) atoms. The molecule has 2 amide bonds. The standard InChI is InChI=1S/C26H26N2O3/c1-18(25(29)28-23-16-9-11-19-10-5-6-14-21(19)23)31-24-17-8-7-15-22(24)26(30)27-20-12-3-2-4-13-20/h2-8,10,12-15,17-18,23H,9,11,16H2,1H3,(H,27,30)(H,28,29)/t18-,23+/m0/s1. The summed E-state index contributed by atoms with van der Waals surface area (Å²) >= 11 is 0. The van der Waals surface area contributed by atoms with Crippen molar-refractivity contribution in [3.63, 3.8) is 0 Å². The molecule has 158 valence electrons. The summed E-state index contributed by atoms with van der Waals surface area (Å²) in [5, 5.41) is 5.98. The van der Waals surface area contributed by atoms with Gasteiger partial charge in [0.25, 0.3) is 11.8 Å². The zero-order valence-corrected chi connectivity index (χ0v) is 17.5. The summed E-state index contributed by atoms with van der Waals surface area (Å²) in [6, 6.07) is 24.4. The maximum atomic E-state index is 12.9. The molecule has 1 aliphatic carbocycles. The lowest BCUT2D eigenvalue weighted by Gasteiger charge is -2.27.